The lowest BCUT2D eigenvalue weighted by Gasteiger charge is -2.02. The van der Waals surface area contributed by atoms with Gasteiger partial charge < -0.3 is 5.73 Å². The van der Waals surface area contributed by atoms with Crippen LogP contribution in [0.2, 0.25) is 0 Å². The zero-order chi connectivity index (χ0) is 9.42. The van der Waals surface area contributed by atoms with E-state index in [1.165, 1.54) is 6.33 Å². The van der Waals surface area contributed by atoms with E-state index >= 15 is 0 Å². The summed E-state index contributed by atoms with van der Waals surface area (Å²) in [4.78, 5) is 16.1. The number of nitrogen functional groups attached to an aromatic ring is 1. The van der Waals surface area contributed by atoms with E-state index in [9.17, 15) is 0 Å². The lowest BCUT2D eigenvalue weighted by Crippen LogP contribution is -2.01. The number of aryl methyl sites for hydroxylation is 2. The molecule has 0 radical (unpaired) electrons. The van der Waals surface area contributed by atoms with Gasteiger partial charge in [-0.25, -0.2) is 15.0 Å². The second kappa shape index (κ2) is 2.62. The van der Waals surface area contributed by atoms with Crippen LogP contribution in [0.3, 0.4) is 0 Å². The molecule has 0 fully saturated rings. The Balaban J connectivity index is 2.94. The van der Waals surface area contributed by atoms with Crippen LogP contribution >= 0.6 is 0 Å². The maximum absolute atomic E-state index is 5.49. The maximum atomic E-state index is 5.49. The molecule has 2 aromatic heterocycles. The SMILES string of the molecule is Cc1ncnc2nc(N)nc(C)c12. The van der Waals surface area contributed by atoms with Crippen molar-refractivity contribution in [2.45, 2.75) is 13.8 Å². The lowest BCUT2D eigenvalue weighted by atomic mass is 10.2. The topological polar surface area (TPSA) is 77.6 Å². The minimum absolute atomic E-state index is 0.253. The molecule has 13 heavy (non-hydrogen) atoms. The molecule has 0 bridgehead atoms. The summed E-state index contributed by atoms with van der Waals surface area (Å²) in [6.07, 6.45) is 1.48. The molecule has 5 nitrogen and oxygen atoms in total. The molecule has 0 saturated heterocycles. The first kappa shape index (κ1) is 7.85. The highest BCUT2D eigenvalue weighted by molar-refractivity contribution is 5.79. The van der Waals surface area contributed by atoms with Crippen LogP contribution in [0.5, 0.6) is 0 Å². The molecule has 2 heterocycles. The Morgan fingerprint density at radius 1 is 1.08 bits per heavy atom. The third-order valence-electron chi connectivity index (χ3n) is 1.88. The fourth-order valence-electron chi connectivity index (χ4n) is 1.33. The summed E-state index contributed by atoms with van der Waals surface area (Å²) >= 11 is 0. The highest BCUT2D eigenvalue weighted by Crippen LogP contribution is 2.15. The first-order chi connectivity index (χ1) is 6.18. The van der Waals surface area contributed by atoms with E-state index in [1.807, 2.05) is 13.8 Å². The zero-order valence-electron chi connectivity index (χ0n) is 7.44. The molecule has 0 unspecified atom stereocenters. The lowest BCUT2D eigenvalue weighted by molar-refractivity contribution is 1.08. The third kappa shape index (κ3) is 1.18. The van der Waals surface area contributed by atoms with Crippen molar-refractivity contribution in [1.82, 2.24) is 19.9 Å². The number of hydrogen-bond donors (Lipinski definition) is 1. The van der Waals surface area contributed by atoms with Crippen LogP contribution in [0.4, 0.5) is 5.95 Å². The smallest absolute Gasteiger partial charge is 0.222 e. The van der Waals surface area contributed by atoms with Crippen molar-refractivity contribution in [1.29, 1.82) is 0 Å². The van der Waals surface area contributed by atoms with E-state index in [1.54, 1.807) is 0 Å². The number of aromatic nitrogens is 4. The normalized spacial score (nSPS) is 10.6. The Bertz CT molecular complexity index is 465. The average Bonchev–Trinajstić information content (AvgIpc) is 2.02. The van der Waals surface area contributed by atoms with Gasteiger partial charge in [0.1, 0.15) is 6.33 Å². The Labute approximate surface area is 75.1 Å². The van der Waals surface area contributed by atoms with E-state index in [2.05, 4.69) is 19.9 Å². The highest BCUT2D eigenvalue weighted by Gasteiger charge is 2.05. The van der Waals surface area contributed by atoms with Gasteiger partial charge in [0, 0.05) is 0 Å². The monoisotopic (exact) mass is 175 g/mol. The van der Waals surface area contributed by atoms with Crippen LogP contribution in [-0.4, -0.2) is 19.9 Å². The van der Waals surface area contributed by atoms with Crippen molar-refractivity contribution < 1.29 is 0 Å². The van der Waals surface area contributed by atoms with Crippen molar-refractivity contribution in [3.05, 3.63) is 17.7 Å². The quantitative estimate of drug-likeness (QED) is 0.635. The summed E-state index contributed by atoms with van der Waals surface area (Å²) in [5.41, 5.74) is 7.80. The van der Waals surface area contributed by atoms with Gasteiger partial charge in [0.2, 0.25) is 5.95 Å². The van der Waals surface area contributed by atoms with Gasteiger partial charge in [0.15, 0.2) is 5.65 Å². The van der Waals surface area contributed by atoms with Gasteiger partial charge in [0.05, 0.1) is 16.8 Å². The number of rotatable bonds is 0. The maximum Gasteiger partial charge on any atom is 0.222 e. The molecule has 0 aliphatic rings. The summed E-state index contributed by atoms with van der Waals surface area (Å²) < 4.78 is 0. The minimum atomic E-state index is 0.253. The summed E-state index contributed by atoms with van der Waals surface area (Å²) in [6.45, 7) is 3.77. The minimum Gasteiger partial charge on any atom is -0.368 e. The first-order valence-electron chi connectivity index (χ1n) is 3.90. The molecule has 0 aliphatic carbocycles. The Morgan fingerprint density at radius 3 is 2.62 bits per heavy atom. The molecule has 2 aromatic rings. The third-order valence-corrected chi connectivity index (χ3v) is 1.88. The van der Waals surface area contributed by atoms with Crippen LogP contribution < -0.4 is 5.73 Å². The Morgan fingerprint density at radius 2 is 1.85 bits per heavy atom. The van der Waals surface area contributed by atoms with Crippen LogP contribution in [-0.2, 0) is 0 Å². The van der Waals surface area contributed by atoms with Gasteiger partial charge in [-0.05, 0) is 13.8 Å². The molecule has 0 aliphatic heterocycles. The number of fused-ring (bicyclic) bond motifs is 1. The van der Waals surface area contributed by atoms with Gasteiger partial charge in [0.25, 0.3) is 0 Å². The Kier molecular flexibility index (Phi) is 1.58. The zero-order valence-corrected chi connectivity index (χ0v) is 7.44. The van der Waals surface area contributed by atoms with E-state index in [0.29, 0.717) is 5.65 Å². The predicted molar refractivity (Wildman–Crippen MR) is 49.0 cm³/mol. The second-order valence-electron chi connectivity index (χ2n) is 2.82. The average molecular weight is 175 g/mol. The molecule has 0 saturated carbocycles. The fraction of sp³-hybridized carbons (Fsp3) is 0.250. The summed E-state index contributed by atoms with van der Waals surface area (Å²) in [7, 11) is 0. The van der Waals surface area contributed by atoms with E-state index in [-0.39, 0.29) is 5.95 Å². The predicted octanol–water partition coefficient (Wildman–Crippen LogP) is 0.619. The van der Waals surface area contributed by atoms with Gasteiger partial charge in [-0.3, -0.25) is 0 Å². The van der Waals surface area contributed by atoms with E-state index in [0.717, 1.165) is 16.8 Å². The molecular weight excluding hydrogens is 166 g/mol. The van der Waals surface area contributed by atoms with E-state index < -0.39 is 0 Å². The second-order valence-corrected chi connectivity index (χ2v) is 2.82. The molecule has 2 rings (SSSR count). The van der Waals surface area contributed by atoms with Crippen molar-refractivity contribution in [2.24, 2.45) is 0 Å². The van der Waals surface area contributed by atoms with Crippen LogP contribution in [0.15, 0.2) is 6.33 Å². The van der Waals surface area contributed by atoms with Gasteiger partial charge >= 0.3 is 0 Å². The Hall–Kier alpha value is -1.78. The van der Waals surface area contributed by atoms with Crippen LogP contribution in [0.25, 0.3) is 11.0 Å². The number of anilines is 1. The van der Waals surface area contributed by atoms with Crippen molar-refractivity contribution in [3.8, 4) is 0 Å². The molecule has 0 amide bonds. The highest BCUT2D eigenvalue weighted by atomic mass is 15.0. The summed E-state index contributed by atoms with van der Waals surface area (Å²) in [5.74, 6) is 0.253. The molecule has 2 N–H and O–H groups in total. The molecular formula is C8H9N5. The van der Waals surface area contributed by atoms with Gasteiger partial charge in [-0.15, -0.1) is 0 Å². The molecule has 0 spiro atoms. The number of hydrogen-bond acceptors (Lipinski definition) is 5. The van der Waals surface area contributed by atoms with Crippen LogP contribution in [0.1, 0.15) is 11.4 Å². The van der Waals surface area contributed by atoms with Crippen molar-refractivity contribution in [2.75, 3.05) is 5.73 Å². The van der Waals surface area contributed by atoms with Gasteiger partial charge in [-0.1, -0.05) is 0 Å². The number of nitrogens with two attached hydrogens (primary N) is 1. The molecule has 66 valence electrons. The summed E-state index contributed by atoms with van der Waals surface area (Å²) in [6, 6.07) is 0. The first-order valence-corrected chi connectivity index (χ1v) is 3.90. The largest absolute Gasteiger partial charge is 0.368 e. The van der Waals surface area contributed by atoms with Crippen molar-refractivity contribution in [3.63, 3.8) is 0 Å². The van der Waals surface area contributed by atoms with Crippen molar-refractivity contribution >= 4 is 17.0 Å². The standard InChI is InChI=1S/C8H9N5/c1-4-6-5(2)12-8(9)13-7(6)11-3-10-4/h3H,1-2H3,(H2,9,10,11,12,13). The summed E-state index contributed by atoms with van der Waals surface area (Å²) in [5, 5.41) is 0.886. The van der Waals surface area contributed by atoms with Gasteiger partial charge in [-0.2, -0.15) is 4.98 Å². The molecule has 5 heteroatoms. The molecule has 0 atom stereocenters. The fourth-order valence-corrected chi connectivity index (χ4v) is 1.33. The van der Waals surface area contributed by atoms with E-state index in [4.69, 9.17) is 5.73 Å². The number of nitrogens with zero attached hydrogens (tertiary/aromatic N) is 4. The molecule has 0 aromatic carbocycles. The van der Waals surface area contributed by atoms with Crippen LogP contribution in [0, 0.1) is 13.8 Å².